The Morgan fingerprint density at radius 1 is 0.912 bits per heavy atom. The van der Waals surface area contributed by atoms with Gasteiger partial charge in [-0.05, 0) is 68.0 Å². The standard InChI is InChI=1S/C26H30N2O5S/c1-17-16-27(26(30)24-7-4-14-33-24)23-15-20(18-8-11-21(12-9-18)34(2,31)32)10-13-22(23)28(17)25(29)19-5-3-6-19/h8-13,15,17,19,24H,3-7,14,16H2,1-2H3. The van der Waals surface area contributed by atoms with Crippen LogP contribution in [0.25, 0.3) is 11.1 Å². The van der Waals surface area contributed by atoms with Gasteiger partial charge < -0.3 is 14.5 Å². The molecule has 180 valence electrons. The van der Waals surface area contributed by atoms with Crippen molar-refractivity contribution >= 4 is 33.0 Å². The van der Waals surface area contributed by atoms with Gasteiger partial charge in [-0.2, -0.15) is 0 Å². The molecule has 1 aliphatic carbocycles. The molecular weight excluding hydrogens is 452 g/mol. The highest BCUT2D eigenvalue weighted by Gasteiger charge is 2.41. The van der Waals surface area contributed by atoms with Crippen molar-refractivity contribution in [2.75, 3.05) is 29.2 Å². The van der Waals surface area contributed by atoms with Gasteiger partial charge in [0.05, 0.1) is 22.3 Å². The normalized spacial score (nSPS) is 22.9. The molecule has 3 aliphatic rings. The molecule has 2 atom stereocenters. The maximum absolute atomic E-state index is 13.4. The van der Waals surface area contributed by atoms with Crippen LogP contribution >= 0.6 is 0 Å². The molecule has 5 rings (SSSR count). The fourth-order valence-corrected chi connectivity index (χ4v) is 5.67. The third kappa shape index (κ3) is 4.14. The molecule has 2 unspecified atom stereocenters. The van der Waals surface area contributed by atoms with Gasteiger partial charge in [-0.1, -0.05) is 24.6 Å². The number of benzene rings is 2. The number of fused-ring (bicyclic) bond motifs is 1. The zero-order valence-electron chi connectivity index (χ0n) is 19.6. The highest BCUT2D eigenvalue weighted by Crippen LogP contribution is 2.42. The average Bonchev–Trinajstić information content (AvgIpc) is 3.31. The lowest BCUT2D eigenvalue weighted by molar-refractivity contribution is -0.128. The minimum atomic E-state index is -3.28. The first-order chi connectivity index (χ1) is 16.2. The second-order valence-electron chi connectivity index (χ2n) is 9.64. The van der Waals surface area contributed by atoms with Gasteiger partial charge in [-0.15, -0.1) is 0 Å². The van der Waals surface area contributed by atoms with Crippen LogP contribution in [0.15, 0.2) is 47.4 Å². The smallest absolute Gasteiger partial charge is 0.256 e. The van der Waals surface area contributed by atoms with Crippen LogP contribution in [0.3, 0.4) is 0 Å². The van der Waals surface area contributed by atoms with Crippen LogP contribution in [-0.2, 0) is 24.2 Å². The monoisotopic (exact) mass is 482 g/mol. The van der Waals surface area contributed by atoms with Crippen molar-refractivity contribution in [3.05, 3.63) is 42.5 Å². The molecule has 2 aromatic carbocycles. The highest BCUT2D eigenvalue weighted by atomic mass is 32.2. The lowest BCUT2D eigenvalue weighted by atomic mass is 9.83. The number of hydrogen-bond donors (Lipinski definition) is 0. The van der Waals surface area contributed by atoms with Gasteiger partial charge in [0.1, 0.15) is 6.10 Å². The molecule has 0 aromatic heterocycles. The minimum Gasteiger partial charge on any atom is -0.368 e. The summed E-state index contributed by atoms with van der Waals surface area (Å²) in [5.41, 5.74) is 3.15. The predicted molar refractivity (Wildman–Crippen MR) is 131 cm³/mol. The second kappa shape index (κ2) is 8.82. The van der Waals surface area contributed by atoms with Gasteiger partial charge in [0.2, 0.25) is 5.91 Å². The molecular formula is C26H30N2O5S. The van der Waals surface area contributed by atoms with Gasteiger partial charge in [-0.25, -0.2) is 8.42 Å². The minimum absolute atomic E-state index is 0.0546. The van der Waals surface area contributed by atoms with Crippen molar-refractivity contribution < 1.29 is 22.7 Å². The summed E-state index contributed by atoms with van der Waals surface area (Å²) in [5, 5.41) is 0. The molecule has 8 heteroatoms. The Kier molecular flexibility index (Phi) is 5.98. The summed E-state index contributed by atoms with van der Waals surface area (Å²) >= 11 is 0. The zero-order chi connectivity index (χ0) is 24.0. The first-order valence-corrected chi connectivity index (χ1v) is 13.8. The number of amides is 2. The molecule has 2 fully saturated rings. The van der Waals surface area contributed by atoms with Crippen molar-refractivity contribution in [2.45, 2.75) is 56.1 Å². The topological polar surface area (TPSA) is 84.0 Å². The van der Waals surface area contributed by atoms with Gasteiger partial charge in [-0.3, -0.25) is 9.59 Å². The molecule has 0 radical (unpaired) electrons. The fourth-order valence-electron chi connectivity index (χ4n) is 5.04. The van der Waals surface area contributed by atoms with Gasteiger partial charge >= 0.3 is 0 Å². The molecule has 0 bridgehead atoms. The van der Waals surface area contributed by atoms with E-state index in [-0.39, 0.29) is 28.7 Å². The third-order valence-corrected chi connectivity index (χ3v) is 8.32. The first-order valence-electron chi connectivity index (χ1n) is 11.9. The molecule has 1 saturated carbocycles. The summed E-state index contributed by atoms with van der Waals surface area (Å²) in [6, 6.07) is 12.4. The van der Waals surface area contributed by atoms with Crippen LogP contribution in [0.5, 0.6) is 0 Å². The predicted octanol–water partition coefficient (Wildman–Crippen LogP) is 3.80. The highest BCUT2D eigenvalue weighted by molar-refractivity contribution is 7.90. The van der Waals surface area contributed by atoms with Crippen LogP contribution in [-0.4, -0.2) is 51.8 Å². The average molecular weight is 483 g/mol. The second-order valence-corrected chi connectivity index (χ2v) is 11.7. The fraction of sp³-hybridized carbons (Fsp3) is 0.462. The first kappa shape index (κ1) is 23.1. The molecule has 7 nitrogen and oxygen atoms in total. The van der Waals surface area contributed by atoms with Crippen LogP contribution in [0.4, 0.5) is 11.4 Å². The van der Waals surface area contributed by atoms with E-state index in [0.717, 1.165) is 42.5 Å². The third-order valence-electron chi connectivity index (χ3n) is 7.19. The van der Waals surface area contributed by atoms with Crippen molar-refractivity contribution in [1.29, 1.82) is 0 Å². The van der Waals surface area contributed by atoms with Crippen LogP contribution in [0, 0.1) is 5.92 Å². The molecule has 2 amide bonds. The molecule has 0 spiro atoms. The molecule has 2 heterocycles. The summed E-state index contributed by atoms with van der Waals surface area (Å²) in [7, 11) is -3.28. The quantitative estimate of drug-likeness (QED) is 0.662. The number of nitrogens with zero attached hydrogens (tertiary/aromatic N) is 2. The number of sulfone groups is 1. The SMILES string of the molecule is CC1CN(C(=O)C2CCCO2)c2cc(-c3ccc(S(C)(=O)=O)cc3)ccc2N1C(=O)C1CCC1. The number of carbonyl (C=O) groups excluding carboxylic acids is 2. The number of ether oxygens (including phenoxy) is 1. The number of hydrogen-bond acceptors (Lipinski definition) is 5. The Balaban J connectivity index is 1.56. The lowest BCUT2D eigenvalue weighted by Gasteiger charge is -2.44. The van der Waals surface area contributed by atoms with E-state index in [1.54, 1.807) is 29.2 Å². The Hall–Kier alpha value is -2.71. The summed E-state index contributed by atoms with van der Waals surface area (Å²) in [6.45, 7) is 3.00. The van der Waals surface area contributed by atoms with E-state index < -0.39 is 15.9 Å². The van der Waals surface area contributed by atoms with E-state index in [4.69, 9.17) is 4.74 Å². The summed E-state index contributed by atoms with van der Waals surface area (Å²) in [6.07, 6.45) is 5.22. The van der Waals surface area contributed by atoms with E-state index in [2.05, 4.69) is 0 Å². The Labute approximate surface area is 200 Å². The Morgan fingerprint density at radius 3 is 2.21 bits per heavy atom. The van der Waals surface area contributed by atoms with E-state index in [1.807, 2.05) is 30.0 Å². The largest absolute Gasteiger partial charge is 0.368 e. The van der Waals surface area contributed by atoms with Crippen LogP contribution in [0.1, 0.15) is 39.0 Å². The summed E-state index contributed by atoms with van der Waals surface area (Å²) in [5.74, 6) is 0.124. The van der Waals surface area contributed by atoms with Crippen molar-refractivity contribution in [1.82, 2.24) is 0 Å². The summed E-state index contributed by atoms with van der Waals surface area (Å²) in [4.78, 5) is 30.6. The number of carbonyl (C=O) groups is 2. The van der Waals surface area contributed by atoms with Crippen LogP contribution in [0.2, 0.25) is 0 Å². The molecule has 1 saturated heterocycles. The van der Waals surface area contributed by atoms with E-state index in [0.29, 0.717) is 25.3 Å². The zero-order valence-corrected chi connectivity index (χ0v) is 20.4. The van der Waals surface area contributed by atoms with Crippen molar-refractivity contribution in [3.63, 3.8) is 0 Å². The Morgan fingerprint density at radius 2 is 1.62 bits per heavy atom. The van der Waals surface area contributed by atoms with Crippen molar-refractivity contribution in [2.24, 2.45) is 5.92 Å². The maximum Gasteiger partial charge on any atom is 0.256 e. The number of rotatable bonds is 4. The van der Waals surface area contributed by atoms with Crippen LogP contribution < -0.4 is 9.80 Å². The van der Waals surface area contributed by atoms with Gasteiger partial charge in [0, 0.05) is 25.3 Å². The Bertz CT molecular complexity index is 1210. The number of anilines is 2. The van der Waals surface area contributed by atoms with Crippen molar-refractivity contribution in [3.8, 4) is 11.1 Å². The lowest BCUT2D eigenvalue weighted by Crippen LogP contribution is -2.55. The molecule has 34 heavy (non-hydrogen) atoms. The van der Waals surface area contributed by atoms with E-state index in [9.17, 15) is 18.0 Å². The maximum atomic E-state index is 13.4. The van der Waals surface area contributed by atoms with E-state index in [1.165, 1.54) is 6.26 Å². The molecule has 0 N–H and O–H groups in total. The van der Waals surface area contributed by atoms with Gasteiger partial charge in [0.25, 0.3) is 5.91 Å². The molecule has 2 aliphatic heterocycles. The summed E-state index contributed by atoms with van der Waals surface area (Å²) < 4.78 is 29.4. The van der Waals surface area contributed by atoms with E-state index >= 15 is 0 Å². The molecule has 2 aromatic rings. The van der Waals surface area contributed by atoms with Gasteiger partial charge in [0.15, 0.2) is 9.84 Å².